The van der Waals surface area contributed by atoms with Gasteiger partial charge in [0.05, 0.1) is 28.8 Å². The van der Waals surface area contributed by atoms with E-state index in [0.717, 1.165) is 17.2 Å². The van der Waals surface area contributed by atoms with Crippen molar-refractivity contribution < 1.29 is 13.5 Å². The largest absolute Gasteiger partial charge is 0.527 e. The monoisotopic (exact) mass is 357 g/mol. The molecule has 0 fully saturated rings. The van der Waals surface area contributed by atoms with Gasteiger partial charge in [0.25, 0.3) is 12.0 Å². The fraction of sp³-hybridized carbons (Fsp3) is 0. The third-order valence-corrected chi connectivity index (χ3v) is 4.37. The summed E-state index contributed by atoms with van der Waals surface area (Å²) in [6.45, 7) is 0. The first kappa shape index (κ1) is 14.0. The summed E-state index contributed by atoms with van der Waals surface area (Å²) in [5.41, 5.74) is 1.79. The van der Waals surface area contributed by atoms with Gasteiger partial charge in [0.2, 0.25) is 5.65 Å². The molecule has 0 aliphatic heterocycles. The Morgan fingerprint density at radius 1 is 1.00 bits per heavy atom. The van der Waals surface area contributed by atoms with Crippen molar-refractivity contribution >= 4 is 17.1 Å². The van der Waals surface area contributed by atoms with E-state index < -0.39 is 0 Å². The van der Waals surface area contributed by atoms with Crippen molar-refractivity contribution in [2.75, 3.05) is 0 Å². The van der Waals surface area contributed by atoms with Crippen LogP contribution in [0.2, 0.25) is 0 Å². The van der Waals surface area contributed by atoms with Gasteiger partial charge in [0, 0.05) is 28.0 Å². The smallest absolute Gasteiger partial charge is 0.200 e. The van der Waals surface area contributed by atoms with Crippen molar-refractivity contribution in [3.8, 4) is 11.9 Å². The molecule has 10 nitrogen and oxygen atoms in total. The number of fused-ring (bicyclic) bond motifs is 3. The first-order valence-corrected chi connectivity index (χ1v) is 8.35. The van der Waals surface area contributed by atoms with Crippen LogP contribution in [0.4, 0.5) is 0 Å². The van der Waals surface area contributed by atoms with Crippen LogP contribution in [-0.4, -0.2) is 34.5 Å². The molecule has 0 saturated heterocycles. The quantitative estimate of drug-likeness (QED) is 0.419. The summed E-state index contributed by atoms with van der Waals surface area (Å²) >= 11 is 0. The summed E-state index contributed by atoms with van der Waals surface area (Å²) in [5, 5.41) is 12.4. The Hall–Kier alpha value is -4.21. The number of H-pyrrole nitrogens is 1. The summed E-state index contributed by atoms with van der Waals surface area (Å²) in [5.74, 6) is 1.74. The SMILES string of the molecule is c1cc[n+]2cnn(-c3[n+](-c4nc5ncccn5n4)[nH]c4cccc[n+]34)c2c1. The Bertz CT molecular complexity index is 1410. The standard InChI is InChI=1S/C17H12N10/c1-4-10-24-13(6-1)21-27(16-20-15-18-8-5-11-25(15)22-16)17(24)26-14-7-2-3-9-23(14)12-19-26/h1-12H/q+2/p+1. The van der Waals surface area contributed by atoms with E-state index in [0.29, 0.717) is 11.7 Å². The van der Waals surface area contributed by atoms with Gasteiger partial charge in [0.1, 0.15) is 0 Å². The van der Waals surface area contributed by atoms with Gasteiger partial charge in [-0.2, -0.15) is 14.5 Å². The minimum absolute atomic E-state index is 0.469. The zero-order valence-electron chi connectivity index (χ0n) is 14.0. The molecule has 1 N–H and O–H groups in total. The van der Waals surface area contributed by atoms with Crippen LogP contribution < -0.4 is 13.5 Å². The predicted octanol–water partition coefficient (Wildman–Crippen LogP) is -0.608. The Morgan fingerprint density at radius 2 is 1.93 bits per heavy atom. The van der Waals surface area contributed by atoms with Gasteiger partial charge < -0.3 is 0 Å². The van der Waals surface area contributed by atoms with Crippen LogP contribution in [0.5, 0.6) is 0 Å². The van der Waals surface area contributed by atoms with Crippen molar-refractivity contribution in [1.82, 2.24) is 34.5 Å². The minimum atomic E-state index is 0.469. The Balaban J connectivity index is 1.71. The minimum Gasteiger partial charge on any atom is -0.200 e. The van der Waals surface area contributed by atoms with Gasteiger partial charge in [-0.1, -0.05) is 12.1 Å². The lowest BCUT2D eigenvalue weighted by Gasteiger charge is -1.90. The molecular formula is C17H13N10+3. The molecule has 0 spiro atoms. The number of rotatable bonds is 2. The highest BCUT2D eigenvalue weighted by Gasteiger charge is 2.35. The average Bonchev–Trinajstić information content (AvgIpc) is 3.41. The molecule has 0 aromatic carbocycles. The fourth-order valence-corrected chi connectivity index (χ4v) is 3.18. The van der Waals surface area contributed by atoms with E-state index in [4.69, 9.17) is 0 Å². The van der Waals surface area contributed by atoms with Gasteiger partial charge in [-0.05, 0) is 22.9 Å². The molecule has 0 aliphatic carbocycles. The Morgan fingerprint density at radius 3 is 2.89 bits per heavy atom. The van der Waals surface area contributed by atoms with E-state index in [2.05, 4.69) is 25.3 Å². The van der Waals surface area contributed by atoms with Gasteiger partial charge in [-0.25, -0.2) is 4.40 Å². The summed E-state index contributed by atoms with van der Waals surface area (Å²) in [6, 6.07) is 13.7. The maximum absolute atomic E-state index is 4.57. The molecule has 6 rings (SSSR count). The van der Waals surface area contributed by atoms with E-state index in [1.54, 1.807) is 21.7 Å². The topological polar surface area (TPSA) is 88.8 Å². The summed E-state index contributed by atoms with van der Waals surface area (Å²) in [6.07, 6.45) is 9.19. The normalized spacial score (nSPS) is 11.7. The molecule has 0 atom stereocenters. The van der Waals surface area contributed by atoms with Crippen molar-refractivity contribution in [1.29, 1.82) is 0 Å². The molecule has 0 aliphatic rings. The predicted molar refractivity (Wildman–Crippen MR) is 90.1 cm³/mol. The average molecular weight is 357 g/mol. The van der Waals surface area contributed by atoms with Crippen LogP contribution in [0.3, 0.4) is 0 Å². The summed E-state index contributed by atoms with van der Waals surface area (Å²) in [7, 11) is 0. The summed E-state index contributed by atoms with van der Waals surface area (Å²) < 4.78 is 9.22. The van der Waals surface area contributed by atoms with Crippen LogP contribution in [0, 0.1) is 0 Å². The highest BCUT2D eigenvalue weighted by molar-refractivity contribution is 5.34. The highest BCUT2D eigenvalue weighted by atomic mass is 15.6. The molecule has 6 aromatic rings. The number of nitrogens with zero attached hydrogens (tertiary/aromatic N) is 9. The second-order valence-corrected chi connectivity index (χ2v) is 5.99. The molecule has 6 aromatic heterocycles. The number of pyridine rings is 2. The number of aromatic amines is 1. The summed E-state index contributed by atoms with van der Waals surface area (Å²) in [4.78, 5) is 8.79. The molecule has 0 saturated carbocycles. The van der Waals surface area contributed by atoms with E-state index in [1.807, 2.05) is 74.5 Å². The van der Waals surface area contributed by atoms with Crippen molar-refractivity contribution in [3.05, 3.63) is 73.6 Å². The number of hydrogen-bond acceptors (Lipinski definition) is 4. The van der Waals surface area contributed by atoms with E-state index >= 15 is 0 Å². The maximum atomic E-state index is 4.57. The van der Waals surface area contributed by atoms with E-state index in [1.165, 1.54) is 0 Å². The molecular weight excluding hydrogens is 344 g/mol. The Kier molecular flexibility index (Phi) is 2.67. The molecule has 0 bridgehead atoms. The van der Waals surface area contributed by atoms with Gasteiger partial charge in [-0.15, -0.1) is 4.52 Å². The first-order chi connectivity index (χ1) is 13.4. The van der Waals surface area contributed by atoms with Gasteiger partial charge in [0.15, 0.2) is 0 Å². The van der Waals surface area contributed by atoms with Crippen LogP contribution in [0.15, 0.2) is 73.6 Å². The zero-order chi connectivity index (χ0) is 17.8. The fourth-order valence-electron chi connectivity index (χ4n) is 3.18. The highest BCUT2D eigenvalue weighted by Crippen LogP contribution is 2.05. The molecule has 10 heteroatoms. The van der Waals surface area contributed by atoms with Gasteiger partial charge in [-0.3, -0.25) is 0 Å². The first-order valence-electron chi connectivity index (χ1n) is 8.35. The van der Waals surface area contributed by atoms with Crippen molar-refractivity contribution in [2.45, 2.75) is 0 Å². The van der Waals surface area contributed by atoms with Crippen molar-refractivity contribution in [3.63, 3.8) is 0 Å². The van der Waals surface area contributed by atoms with Gasteiger partial charge >= 0.3 is 17.7 Å². The molecule has 27 heavy (non-hydrogen) atoms. The van der Waals surface area contributed by atoms with E-state index in [-0.39, 0.29) is 0 Å². The lowest BCUT2D eigenvalue weighted by atomic mass is 10.5. The van der Waals surface area contributed by atoms with Crippen LogP contribution in [-0.2, 0) is 0 Å². The van der Waals surface area contributed by atoms with Crippen LogP contribution in [0.25, 0.3) is 29.0 Å². The number of hydrogen-bond donors (Lipinski definition) is 1. The number of aromatic nitrogens is 10. The third-order valence-electron chi connectivity index (χ3n) is 4.37. The second kappa shape index (κ2) is 5.14. The maximum Gasteiger partial charge on any atom is 0.527 e. The lowest BCUT2D eigenvalue weighted by molar-refractivity contribution is -0.702. The number of nitrogens with one attached hydrogen (secondary N) is 1. The molecule has 0 radical (unpaired) electrons. The van der Waals surface area contributed by atoms with E-state index in [9.17, 15) is 0 Å². The molecule has 0 unspecified atom stereocenters. The lowest BCUT2D eigenvalue weighted by Crippen LogP contribution is -2.43. The molecule has 128 valence electrons. The Labute approximate surface area is 151 Å². The molecule has 0 amide bonds. The zero-order valence-corrected chi connectivity index (χ0v) is 14.0. The van der Waals surface area contributed by atoms with Crippen LogP contribution >= 0.6 is 0 Å². The molecule has 6 heterocycles. The third kappa shape index (κ3) is 1.97. The van der Waals surface area contributed by atoms with Crippen molar-refractivity contribution in [2.24, 2.45) is 0 Å². The second-order valence-electron chi connectivity index (χ2n) is 5.99. The van der Waals surface area contributed by atoms with Crippen LogP contribution in [0.1, 0.15) is 0 Å².